The van der Waals surface area contributed by atoms with Gasteiger partial charge in [0.15, 0.2) is 0 Å². The highest BCUT2D eigenvalue weighted by Gasteiger charge is 2.24. The Kier molecular flexibility index (Phi) is 28.1. The van der Waals surface area contributed by atoms with Gasteiger partial charge in [0.2, 0.25) is 5.91 Å². The van der Waals surface area contributed by atoms with Crippen molar-refractivity contribution in [3.8, 4) is 0 Å². The van der Waals surface area contributed by atoms with Crippen molar-refractivity contribution in [2.24, 2.45) is 0 Å². The third-order valence-electron chi connectivity index (χ3n) is 7.61. The summed E-state index contributed by atoms with van der Waals surface area (Å²) in [6.07, 6.45) is 29.1. The van der Waals surface area contributed by atoms with Gasteiger partial charge in [0.1, 0.15) is 0 Å². The van der Waals surface area contributed by atoms with Crippen LogP contribution in [0.5, 0.6) is 0 Å². The van der Waals surface area contributed by atoms with Crippen LogP contribution >= 0.6 is 0 Å². The summed E-state index contributed by atoms with van der Waals surface area (Å²) in [6, 6.07) is 0.101. The number of allylic oxidation sites excluding steroid dienone is 1. The predicted octanol–water partition coefficient (Wildman–Crippen LogP) is 9.33. The molecule has 1 atom stereocenters. The van der Waals surface area contributed by atoms with Crippen molar-refractivity contribution >= 4 is 11.9 Å². The molecular formula is C34H66N2O4. The molecule has 1 amide bonds. The number of hydroxylamine groups is 2. The van der Waals surface area contributed by atoms with Crippen molar-refractivity contribution in [1.82, 2.24) is 9.96 Å². The fourth-order valence-corrected chi connectivity index (χ4v) is 5.16. The lowest BCUT2D eigenvalue weighted by Crippen LogP contribution is -2.41. The van der Waals surface area contributed by atoms with Crippen LogP contribution in [-0.4, -0.2) is 60.2 Å². The number of carboxylic acids is 1. The second-order valence-electron chi connectivity index (χ2n) is 11.9. The SMILES string of the molecule is CCCCCCCCCCON(C(=O)CCCN(C)C)C(CCCCC=CC(=O)O)CCCCCCCCCC. The molecule has 1 unspecified atom stereocenters. The summed E-state index contributed by atoms with van der Waals surface area (Å²) >= 11 is 0. The van der Waals surface area contributed by atoms with Crippen LogP contribution in [0.3, 0.4) is 0 Å². The first-order valence-corrected chi connectivity index (χ1v) is 16.9. The highest BCUT2D eigenvalue weighted by atomic mass is 16.7. The quantitative estimate of drug-likeness (QED) is 0.0533. The Morgan fingerprint density at radius 1 is 0.700 bits per heavy atom. The summed E-state index contributed by atoms with van der Waals surface area (Å²) < 4.78 is 0. The van der Waals surface area contributed by atoms with E-state index in [1.807, 2.05) is 14.1 Å². The van der Waals surface area contributed by atoms with Crippen LogP contribution < -0.4 is 0 Å². The first kappa shape index (κ1) is 38.6. The van der Waals surface area contributed by atoms with E-state index in [2.05, 4.69) is 18.7 Å². The molecule has 0 rings (SSSR count). The smallest absolute Gasteiger partial charge is 0.327 e. The number of aliphatic carboxylic acids is 1. The molecule has 40 heavy (non-hydrogen) atoms. The zero-order valence-corrected chi connectivity index (χ0v) is 27.0. The van der Waals surface area contributed by atoms with Crippen LogP contribution in [0.2, 0.25) is 0 Å². The van der Waals surface area contributed by atoms with Gasteiger partial charge in [-0.25, -0.2) is 9.86 Å². The van der Waals surface area contributed by atoms with Gasteiger partial charge in [-0.1, -0.05) is 123 Å². The molecule has 0 fully saturated rings. The summed E-state index contributed by atoms with van der Waals surface area (Å²) in [5.74, 6) is -0.770. The molecule has 0 saturated carbocycles. The van der Waals surface area contributed by atoms with Gasteiger partial charge in [0.25, 0.3) is 0 Å². The Balaban J connectivity index is 4.96. The molecular weight excluding hydrogens is 500 g/mol. The molecule has 6 nitrogen and oxygen atoms in total. The molecule has 6 heteroatoms. The molecule has 0 radical (unpaired) electrons. The van der Waals surface area contributed by atoms with E-state index in [1.165, 1.54) is 89.5 Å². The normalized spacial score (nSPS) is 12.4. The highest BCUT2D eigenvalue weighted by Crippen LogP contribution is 2.21. The maximum atomic E-state index is 13.4. The van der Waals surface area contributed by atoms with Crippen molar-refractivity contribution in [2.75, 3.05) is 27.2 Å². The maximum Gasteiger partial charge on any atom is 0.327 e. The Morgan fingerprint density at radius 3 is 1.73 bits per heavy atom. The summed E-state index contributed by atoms with van der Waals surface area (Å²) in [4.78, 5) is 32.5. The second-order valence-corrected chi connectivity index (χ2v) is 11.9. The molecule has 236 valence electrons. The molecule has 0 heterocycles. The third kappa shape index (κ3) is 25.6. The molecule has 0 aromatic carbocycles. The van der Waals surface area contributed by atoms with E-state index in [9.17, 15) is 9.59 Å². The van der Waals surface area contributed by atoms with Gasteiger partial charge in [-0.2, -0.15) is 0 Å². The largest absolute Gasteiger partial charge is 0.478 e. The molecule has 1 N–H and O–H groups in total. The average Bonchev–Trinajstić information content (AvgIpc) is 2.91. The van der Waals surface area contributed by atoms with Crippen LogP contribution in [0.4, 0.5) is 0 Å². The van der Waals surface area contributed by atoms with E-state index in [4.69, 9.17) is 9.94 Å². The molecule has 0 aromatic heterocycles. The van der Waals surface area contributed by atoms with Gasteiger partial charge < -0.3 is 10.0 Å². The third-order valence-corrected chi connectivity index (χ3v) is 7.61. The number of rotatable bonds is 30. The number of carboxylic acid groups (broad SMARTS) is 1. The molecule has 0 aliphatic rings. The van der Waals surface area contributed by atoms with Crippen molar-refractivity contribution < 1.29 is 19.5 Å². The summed E-state index contributed by atoms with van der Waals surface area (Å²) in [6.45, 7) is 6.02. The van der Waals surface area contributed by atoms with Crippen LogP contribution in [0.1, 0.15) is 162 Å². The van der Waals surface area contributed by atoms with Gasteiger partial charge in [-0.3, -0.25) is 9.63 Å². The van der Waals surface area contributed by atoms with E-state index >= 15 is 0 Å². The Labute approximate surface area is 248 Å². The number of hydrogen-bond acceptors (Lipinski definition) is 4. The Morgan fingerprint density at radius 2 is 1.20 bits per heavy atom. The number of unbranched alkanes of at least 4 members (excludes halogenated alkanes) is 16. The molecule has 0 aliphatic heterocycles. The zero-order valence-electron chi connectivity index (χ0n) is 27.0. The van der Waals surface area contributed by atoms with Gasteiger partial charge >= 0.3 is 5.97 Å². The standard InChI is InChI=1S/C34H66N2O4/c1-5-7-9-11-13-15-17-21-26-32(27-22-18-19-23-29-34(38)39)36(33(37)28-25-30-35(3)4)40-31-24-20-16-14-12-10-8-6-2/h23,29,32H,5-22,24-28,30-31H2,1-4H3,(H,38,39). The number of carbonyl (C=O) groups excluding carboxylic acids is 1. The Bertz CT molecular complexity index is 609. The number of carbonyl (C=O) groups is 2. The second kappa shape index (κ2) is 29.1. The van der Waals surface area contributed by atoms with E-state index < -0.39 is 5.97 Å². The number of nitrogens with zero attached hydrogens (tertiary/aromatic N) is 2. The first-order valence-electron chi connectivity index (χ1n) is 16.9. The van der Waals surface area contributed by atoms with Crippen LogP contribution in [0, 0.1) is 0 Å². The van der Waals surface area contributed by atoms with E-state index in [0.29, 0.717) is 13.0 Å². The van der Waals surface area contributed by atoms with Crippen molar-refractivity contribution in [3.05, 3.63) is 12.2 Å². The van der Waals surface area contributed by atoms with E-state index in [-0.39, 0.29) is 11.9 Å². The van der Waals surface area contributed by atoms with Gasteiger partial charge in [0.05, 0.1) is 12.6 Å². The predicted molar refractivity (Wildman–Crippen MR) is 169 cm³/mol. The lowest BCUT2D eigenvalue weighted by molar-refractivity contribution is -0.203. The number of amides is 1. The average molecular weight is 567 g/mol. The minimum absolute atomic E-state index is 0.101. The van der Waals surface area contributed by atoms with E-state index in [1.54, 1.807) is 11.1 Å². The van der Waals surface area contributed by atoms with Gasteiger partial charge in [-0.15, -0.1) is 0 Å². The van der Waals surface area contributed by atoms with Crippen LogP contribution in [0.25, 0.3) is 0 Å². The minimum atomic E-state index is -0.892. The molecule has 0 spiro atoms. The summed E-state index contributed by atoms with van der Waals surface area (Å²) in [5, 5.41) is 10.6. The van der Waals surface area contributed by atoms with Gasteiger partial charge in [0, 0.05) is 12.5 Å². The van der Waals surface area contributed by atoms with Crippen LogP contribution in [0.15, 0.2) is 12.2 Å². The maximum absolute atomic E-state index is 13.4. The Hall–Kier alpha value is -1.40. The fourth-order valence-electron chi connectivity index (χ4n) is 5.16. The van der Waals surface area contributed by atoms with Crippen LogP contribution in [-0.2, 0) is 14.4 Å². The molecule has 0 saturated heterocycles. The van der Waals surface area contributed by atoms with Crippen molar-refractivity contribution in [2.45, 2.75) is 168 Å². The highest BCUT2D eigenvalue weighted by molar-refractivity contribution is 5.79. The number of hydrogen-bond donors (Lipinski definition) is 1. The van der Waals surface area contributed by atoms with Crippen molar-refractivity contribution in [3.63, 3.8) is 0 Å². The van der Waals surface area contributed by atoms with Crippen molar-refractivity contribution in [1.29, 1.82) is 0 Å². The molecule has 0 aromatic rings. The monoisotopic (exact) mass is 567 g/mol. The lowest BCUT2D eigenvalue weighted by Gasteiger charge is -2.31. The minimum Gasteiger partial charge on any atom is -0.478 e. The summed E-state index contributed by atoms with van der Waals surface area (Å²) in [7, 11) is 4.09. The first-order chi connectivity index (χ1) is 19.4. The zero-order chi connectivity index (χ0) is 29.7. The molecule has 0 aliphatic carbocycles. The molecule has 0 bridgehead atoms. The summed E-state index contributed by atoms with van der Waals surface area (Å²) in [5.41, 5.74) is 0. The van der Waals surface area contributed by atoms with E-state index in [0.717, 1.165) is 64.3 Å². The topological polar surface area (TPSA) is 70.1 Å². The van der Waals surface area contributed by atoms with Gasteiger partial charge in [-0.05, 0) is 59.2 Å². The lowest BCUT2D eigenvalue weighted by atomic mass is 9.99. The fraction of sp³-hybridized carbons (Fsp3) is 0.882.